The van der Waals surface area contributed by atoms with Crippen molar-refractivity contribution in [1.82, 2.24) is 0 Å². The smallest absolute Gasteiger partial charge is 0.127 e. The first-order chi connectivity index (χ1) is 9.40. The number of rotatable bonds is 4. The minimum absolute atomic E-state index is 0.617. The summed E-state index contributed by atoms with van der Waals surface area (Å²) in [6.07, 6.45) is 1.26. The molecule has 3 rings (SSSR count). The van der Waals surface area contributed by atoms with Crippen molar-refractivity contribution in [1.29, 1.82) is 0 Å². The summed E-state index contributed by atoms with van der Waals surface area (Å²) in [6.45, 7) is 0. The maximum atomic E-state index is 5.77. The summed E-state index contributed by atoms with van der Waals surface area (Å²) in [5.41, 5.74) is 1.17. The van der Waals surface area contributed by atoms with E-state index >= 15 is 0 Å². The number of nitrogens with one attached hydrogen (secondary N) is 1. The van der Waals surface area contributed by atoms with Crippen LogP contribution >= 0.6 is 11.8 Å². The summed E-state index contributed by atoms with van der Waals surface area (Å²) in [7, 11) is 0. The summed E-state index contributed by atoms with van der Waals surface area (Å²) >= 11 is 2.02. The zero-order valence-electron chi connectivity index (χ0n) is 10.7. The first-order valence-corrected chi connectivity index (χ1v) is 7.73. The average Bonchev–Trinajstić information content (AvgIpc) is 2.95. The van der Waals surface area contributed by atoms with Gasteiger partial charge in [-0.05, 0) is 48.6 Å². The largest absolute Gasteiger partial charge is 0.457 e. The first kappa shape index (κ1) is 12.4. The minimum Gasteiger partial charge on any atom is -0.457 e. The number of thioether (sulfide) groups is 1. The fourth-order valence-corrected chi connectivity index (χ4v) is 3.28. The third-order valence-electron chi connectivity index (χ3n) is 3.13. The Hall–Kier alpha value is -1.61. The Morgan fingerprint density at radius 3 is 2.37 bits per heavy atom. The zero-order valence-corrected chi connectivity index (χ0v) is 11.5. The number of hydrogen-bond donors (Lipinski definition) is 1. The van der Waals surface area contributed by atoms with E-state index in [0.717, 1.165) is 11.5 Å². The lowest BCUT2D eigenvalue weighted by atomic mass is 10.2. The summed E-state index contributed by atoms with van der Waals surface area (Å²) < 4.78 is 5.77. The number of hydrogen-bond acceptors (Lipinski definition) is 3. The van der Waals surface area contributed by atoms with Gasteiger partial charge in [0.15, 0.2) is 0 Å². The molecular formula is C16H17NOS. The van der Waals surface area contributed by atoms with Gasteiger partial charge in [0.1, 0.15) is 11.5 Å². The standard InChI is InChI=1S/C16H17NOS/c1-2-4-15(5-3-1)18-16-8-6-13(7-9-16)17-14-10-11-19-12-14/h1-9,14,17H,10-12H2. The van der Waals surface area contributed by atoms with E-state index in [4.69, 9.17) is 4.74 Å². The molecule has 0 spiro atoms. The number of para-hydroxylation sites is 1. The first-order valence-electron chi connectivity index (χ1n) is 6.57. The van der Waals surface area contributed by atoms with Gasteiger partial charge < -0.3 is 10.1 Å². The van der Waals surface area contributed by atoms with Crippen LogP contribution in [0.5, 0.6) is 11.5 Å². The van der Waals surface area contributed by atoms with Gasteiger partial charge in [-0.15, -0.1) is 0 Å². The van der Waals surface area contributed by atoms with Crippen LogP contribution in [0.2, 0.25) is 0 Å². The van der Waals surface area contributed by atoms with Crippen molar-refractivity contribution in [3.63, 3.8) is 0 Å². The maximum Gasteiger partial charge on any atom is 0.127 e. The lowest BCUT2D eigenvalue weighted by Crippen LogP contribution is -2.17. The van der Waals surface area contributed by atoms with Crippen LogP contribution in [0.4, 0.5) is 5.69 Å². The predicted molar refractivity (Wildman–Crippen MR) is 82.3 cm³/mol. The fourth-order valence-electron chi connectivity index (χ4n) is 2.13. The molecule has 0 aromatic heterocycles. The molecule has 19 heavy (non-hydrogen) atoms. The topological polar surface area (TPSA) is 21.3 Å². The van der Waals surface area contributed by atoms with Gasteiger partial charge in [-0.2, -0.15) is 11.8 Å². The molecule has 0 bridgehead atoms. The molecule has 1 fully saturated rings. The van der Waals surface area contributed by atoms with E-state index in [9.17, 15) is 0 Å². The lowest BCUT2D eigenvalue weighted by molar-refractivity contribution is 0.483. The van der Waals surface area contributed by atoms with E-state index < -0.39 is 0 Å². The monoisotopic (exact) mass is 271 g/mol. The van der Waals surface area contributed by atoms with Crippen LogP contribution in [0.25, 0.3) is 0 Å². The molecule has 2 nitrogen and oxygen atoms in total. The highest BCUT2D eigenvalue weighted by atomic mass is 32.2. The normalized spacial score (nSPS) is 18.2. The summed E-state index contributed by atoms with van der Waals surface area (Å²) in [6, 6.07) is 18.7. The Morgan fingerprint density at radius 1 is 0.947 bits per heavy atom. The van der Waals surface area contributed by atoms with Crippen LogP contribution in [-0.4, -0.2) is 17.5 Å². The Balaban J connectivity index is 1.62. The molecule has 98 valence electrons. The van der Waals surface area contributed by atoms with Crippen molar-refractivity contribution in [3.05, 3.63) is 54.6 Å². The molecule has 0 saturated carbocycles. The van der Waals surface area contributed by atoms with Crippen molar-refractivity contribution < 1.29 is 4.74 Å². The van der Waals surface area contributed by atoms with Gasteiger partial charge >= 0.3 is 0 Å². The second kappa shape index (κ2) is 6.02. The molecule has 1 N–H and O–H groups in total. The van der Waals surface area contributed by atoms with Crippen LogP contribution in [-0.2, 0) is 0 Å². The van der Waals surface area contributed by atoms with Crippen LogP contribution in [0.15, 0.2) is 54.6 Å². The molecule has 1 aliphatic heterocycles. The molecule has 0 amide bonds. The maximum absolute atomic E-state index is 5.77. The second-order valence-corrected chi connectivity index (χ2v) is 5.79. The average molecular weight is 271 g/mol. The van der Waals surface area contributed by atoms with Gasteiger partial charge in [-0.25, -0.2) is 0 Å². The van der Waals surface area contributed by atoms with Gasteiger partial charge in [0, 0.05) is 17.5 Å². The number of anilines is 1. The molecular weight excluding hydrogens is 254 g/mol. The molecule has 1 atom stereocenters. The van der Waals surface area contributed by atoms with E-state index in [-0.39, 0.29) is 0 Å². The third-order valence-corrected chi connectivity index (χ3v) is 4.30. The van der Waals surface area contributed by atoms with E-state index in [1.807, 2.05) is 54.2 Å². The van der Waals surface area contributed by atoms with E-state index in [1.54, 1.807) is 0 Å². The quantitative estimate of drug-likeness (QED) is 0.890. The van der Waals surface area contributed by atoms with E-state index in [2.05, 4.69) is 17.4 Å². The van der Waals surface area contributed by atoms with Crippen molar-refractivity contribution >= 4 is 17.4 Å². The summed E-state index contributed by atoms with van der Waals surface area (Å²) in [5, 5.41) is 3.56. The van der Waals surface area contributed by atoms with Crippen molar-refractivity contribution in [2.24, 2.45) is 0 Å². The zero-order chi connectivity index (χ0) is 12.9. The predicted octanol–water partition coefficient (Wildman–Crippen LogP) is 4.40. The molecule has 0 aliphatic carbocycles. The highest BCUT2D eigenvalue weighted by molar-refractivity contribution is 7.99. The Kier molecular flexibility index (Phi) is 3.94. The Bertz CT molecular complexity index is 506. The number of ether oxygens (including phenoxy) is 1. The van der Waals surface area contributed by atoms with E-state index in [0.29, 0.717) is 6.04 Å². The molecule has 3 heteroatoms. The molecule has 0 radical (unpaired) electrons. The lowest BCUT2D eigenvalue weighted by Gasteiger charge is -2.13. The van der Waals surface area contributed by atoms with Crippen molar-refractivity contribution in [3.8, 4) is 11.5 Å². The van der Waals surface area contributed by atoms with Gasteiger partial charge in [-0.3, -0.25) is 0 Å². The van der Waals surface area contributed by atoms with Gasteiger partial charge in [0.05, 0.1) is 0 Å². The minimum atomic E-state index is 0.617. The molecule has 1 heterocycles. The summed E-state index contributed by atoms with van der Waals surface area (Å²) in [5.74, 6) is 4.22. The Morgan fingerprint density at radius 2 is 1.68 bits per heavy atom. The van der Waals surface area contributed by atoms with Crippen LogP contribution in [0.1, 0.15) is 6.42 Å². The van der Waals surface area contributed by atoms with Gasteiger partial charge in [0.25, 0.3) is 0 Å². The highest BCUT2D eigenvalue weighted by Crippen LogP contribution is 2.25. The van der Waals surface area contributed by atoms with Gasteiger partial charge in [-0.1, -0.05) is 18.2 Å². The fraction of sp³-hybridized carbons (Fsp3) is 0.250. The highest BCUT2D eigenvalue weighted by Gasteiger charge is 2.14. The molecule has 2 aromatic carbocycles. The van der Waals surface area contributed by atoms with E-state index in [1.165, 1.54) is 23.6 Å². The molecule has 1 unspecified atom stereocenters. The SMILES string of the molecule is c1ccc(Oc2ccc(NC3CCSC3)cc2)cc1. The third kappa shape index (κ3) is 3.44. The van der Waals surface area contributed by atoms with Crippen LogP contribution in [0.3, 0.4) is 0 Å². The van der Waals surface area contributed by atoms with Crippen molar-refractivity contribution in [2.45, 2.75) is 12.5 Å². The van der Waals surface area contributed by atoms with Crippen LogP contribution in [0, 0.1) is 0 Å². The number of benzene rings is 2. The van der Waals surface area contributed by atoms with Gasteiger partial charge in [0.2, 0.25) is 0 Å². The molecule has 1 aliphatic rings. The summed E-state index contributed by atoms with van der Waals surface area (Å²) in [4.78, 5) is 0. The molecule has 2 aromatic rings. The second-order valence-electron chi connectivity index (χ2n) is 4.64. The Labute approximate surface area is 118 Å². The van der Waals surface area contributed by atoms with Crippen LogP contribution < -0.4 is 10.1 Å². The van der Waals surface area contributed by atoms with Crippen molar-refractivity contribution in [2.75, 3.05) is 16.8 Å². The molecule has 1 saturated heterocycles.